The lowest BCUT2D eigenvalue weighted by atomic mass is 9.82. The van der Waals surface area contributed by atoms with E-state index in [1.165, 1.54) is 16.7 Å². The molecule has 2 rings (SSSR count). The monoisotopic (exact) mass is 301 g/mol. The van der Waals surface area contributed by atoms with E-state index < -0.39 is 0 Å². The average Bonchev–Trinajstić information content (AvgIpc) is 2.48. The predicted octanol–water partition coefficient (Wildman–Crippen LogP) is 5.41. The topological polar surface area (TPSA) is 12.0 Å². The fourth-order valence-corrected chi connectivity index (χ4v) is 2.72. The molecule has 0 fully saturated rings. The molecule has 0 heterocycles. The Hall–Kier alpha value is -1.31. The van der Waals surface area contributed by atoms with Gasteiger partial charge in [-0.15, -0.1) is 0 Å². The van der Waals surface area contributed by atoms with Gasteiger partial charge in [0.05, 0.1) is 0 Å². The highest BCUT2D eigenvalue weighted by Gasteiger charge is 2.17. The van der Waals surface area contributed by atoms with Crippen LogP contribution in [-0.4, -0.2) is 7.05 Å². The van der Waals surface area contributed by atoms with Crippen molar-refractivity contribution in [3.8, 4) is 11.1 Å². The largest absolute Gasteiger partial charge is 0.316 e. The fraction of sp³-hybridized carbons (Fsp3) is 0.368. The summed E-state index contributed by atoms with van der Waals surface area (Å²) >= 11 is 6.43. The summed E-state index contributed by atoms with van der Waals surface area (Å²) in [6.45, 7) is 7.62. The van der Waals surface area contributed by atoms with Crippen molar-refractivity contribution in [1.29, 1.82) is 0 Å². The molecular formula is C19H24ClN. The summed E-state index contributed by atoms with van der Waals surface area (Å²) in [5, 5.41) is 3.95. The van der Waals surface area contributed by atoms with Crippen molar-refractivity contribution in [2.75, 3.05) is 7.05 Å². The molecule has 2 aromatic rings. The molecule has 0 aliphatic carbocycles. The van der Waals surface area contributed by atoms with Crippen LogP contribution >= 0.6 is 11.6 Å². The lowest BCUT2D eigenvalue weighted by Gasteiger charge is -2.23. The quantitative estimate of drug-likeness (QED) is 0.778. The molecule has 0 amide bonds. The zero-order valence-corrected chi connectivity index (χ0v) is 14.1. The molecule has 0 saturated heterocycles. The molecule has 0 aliphatic heterocycles. The SMILES string of the molecule is CCC(C)(C)c1ccc(-c2ccc(CNC)cc2Cl)cc1. The van der Waals surface area contributed by atoms with Gasteiger partial charge in [-0.1, -0.05) is 68.8 Å². The van der Waals surface area contributed by atoms with Crippen LogP contribution in [0, 0.1) is 0 Å². The smallest absolute Gasteiger partial charge is 0.0487 e. The van der Waals surface area contributed by atoms with Gasteiger partial charge in [-0.2, -0.15) is 0 Å². The Kier molecular flexibility index (Phi) is 5.08. The third-order valence-electron chi connectivity index (χ3n) is 4.28. The molecule has 1 nitrogen and oxygen atoms in total. The Balaban J connectivity index is 2.31. The zero-order chi connectivity index (χ0) is 15.5. The van der Waals surface area contributed by atoms with Crippen molar-refractivity contribution >= 4 is 11.6 Å². The molecule has 0 saturated carbocycles. The van der Waals surface area contributed by atoms with Gasteiger partial charge in [-0.05, 0) is 41.6 Å². The van der Waals surface area contributed by atoms with Gasteiger partial charge < -0.3 is 5.32 Å². The Morgan fingerprint density at radius 2 is 1.71 bits per heavy atom. The van der Waals surface area contributed by atoms with E-state index >= 15 is 0 Å². The molecule has 21 heavy (non-hydrogen) atoms. The van der Waals surface area contributed by atoms with Gasteiger partial charge in [0.1, 0.15) is 0 Å². The van der Waals surface area contributed by atoms with Gasteiger partial charge in [0.15, 0.2) is 0 Å². The van der Waals surface area contributed by atoms with Crippen LogP contribution in [0.2, 0.25) is 5.02 Å². The summed E-state index contributed by atoms with van der Waals surface area (Å²) in [4.78, 5) is 0. The van der Waals surface area contributed by atoms with E-state index in [2.05, 4.69) is 62.5 Å². The molecule has 0 spiro atoms. The molecule has 112 valence electrons. The van der Waals surface area contributed by atoms with Gasteiger partial charge >= 0.3 is 0 Å². The standard InChI is InChI=1S/C19H24ClN/c1-5-19(2,3)16-9-7-15(8-10-16)17-11-6-14(13-21-4)12-18(17)20/h6-12,21H,5,13H2,1-4H3. The fourth-order valence-electron chi connectivity index (χ4n) is 2.41. The first-order valence-electron chi connectivity index (χ1n) is 7.52. The number of rotatable bonds is 5. The van der Waals surface area contributed by atoms with Crippen LogP contribution in [0.1, 0.15) is 38.3 Å². The third-order valence-corrected chi connectivity index (χ3v) is 4.59. The van der Waals surface area contributed by atoms with Crippen molar-refractivity contribution in [2.24, 2.45) is 0 Å². The summed E-state index contributed by atoms with van der Waals surface area (Å²) in [6.07, 6.45) is 1.13. The van der Waals surface area contributed by atoms with Gasteiger partial charge in [0.25, 0.3) is 0 Å². The lowest BCUT2D eigenvalue weighted by Crippen LogP contribution is -2.14. The predicted molar refractivity (Wildman–Crippen MR) is 93.0 cm³/mol. The van der Waals surface area contributed by atoms with E-state index in [4.69, 9.17) is 11.6 Å². The molecule has 0 aliphatic rings. The Morgan fingerprint density at radius 1 is 1.05 bits per heavy atom. The van der Waals surface area contributed by atoms with Gasteiger partial charge in [-0.25, -0.2) is 0 Å². The highest BCUT2D eigenvalue weighted by molar-refractivity contribution is 6.33. The van der Waals surface area contributed by atoms with E-state index in [0.717, 1.165) is 23.6 Å². The van der Waals surface area contributed by atoms with Crippen LogP contribution < -0.4 is 5.32 Å². The van der Waals surface area contributed by atoms with Crippen molar-refractivity contribution in [2.45, 2.75) is 39.2 Å². The van der Waals surface area contributed by atoms with Gasteiger partial charge in [-0.3, -0.25) is 0 Å². The second-order valence-corrected chi connectivity index (χ2v) is 6.57. The maximum atomic E-state index is 6.43. The summed E-state index contributed by atoms with van der Waals surface area (Å²) in [5.41, 5.74) is 5.06. The number of benzene rings is 2. The molecule has 2 aromatic carbocycles. The number of halogens is 1. The van der Waals surface area contributed by atoms with E-state index in [-0.39, 0.29) is 5.41 Å². The number of nitrogens with one attached hydrogen (secondary N) is 1. The van der Waals surface area contributed by atoms with Crippen LogP contribution in [0.25, 0.3) is 11.1 Å². The third kappa shape index (κ3) is 3.66. The molecule has 0 aromatic heterocycles. The van der Waals surface area contributed by atoms with Crippen molar-refractivity contribution in [1.82, 2.24) is 5.32 Å². The van der Waals surface area contributed by atoms with E-state index in [0.29, 0.717) is 0 Å². The first kappa shape index (κ1) is 16.1. The minimum absolute atomic E-state index is 0.221. The maximum Gasteiger partial charge on any atom is 0.0487 e. The number of hydrogen-bond acceptors (Lipinski definition) is 1. The highest BCUT2D eigenvalue weighted by atomic mass is 35.5. The van der Waals surface area contributed by atoms with Crippen LogP contribution in [-0.2, 0) is 12.0 Å². The molecular weight excluding hydrogens is 278 g/mol. The van der Waals surface area contributed by atoms with E-state index in [9.17, 15) is 0 Å². The number of hydrogen-bond donors (Lipinski definition) is 1. The zero-order valence-electron chi connectivity index (χ0n) is 13.3. The summed E-state index contributed by atoms with van der Waals surface area (Å²) in [6, 6.07) is 15.1. The second kappa shape index (κ2) is 6.64. The van der Waals surface area contributed by atoms with Crippen LogP contribution in [0.3, 0.4) is 0 Å². The lowest BCUT2D eigenvalue weighted by molar-refractivity contribution is 0.506. The van der Waals surface area contributed by atoms with Gasteiger partial charge in [0, 0.05) is 17.1 Å². The summed E-state index contributed by atoms with van der Waals surface area (Å²) < 4.78 is 0. The van der Waals surface area contributed by atoms with Crippen LogP contribution in [0.5, 0.6) is 0 Å². The van der Waals surface area contributed by atoms with E-state index in [1.807, 2.05) is 13.1 Å². The Bertz CT molecular complexity index is 599. The van der Waals surface area contributed by atoms with E-state index in [1.54, 1.807) is 0 Å². The molecule has 0 bridgehead atoms. The van der Waals surface area contributed by atoms with Crippen molar-refractivity contribution in [3.05, 3.63) is 58.6 Å². The van der Waals surface area contributed by atoms with Crippen molar-refractivity contribution in [3.63, 3.8) is 0 Å². The average molecular weight is 302 g/mol. The van der Waals surface area contributed by atoms with Crippen LogP contribution in [0.15, 0.2) is 42.5 Å². The minimum atomic E-state index is 0.221. The maximum absolute atomic E-state index is 6.43. The molecule has 1 N–H and O–H groups in total. The normalized spacial score (nSPS) is 11.7. The second-order valence-electron chi connectivity index (χ2n) is 6.16. The molecule has 0 unspecified atom stereocenters. The Labute approximate surface area is 133 Å². The highest BCUT2D eigenvalue weighted by Crippen LogP contribution is 2.32. The summed E-state index contributed by atoms with van der Waals surface area (Å²) in [5.74, 6) is 0. The molecule has 0 atom stereocenters. The van der Waals surface area contributed by atoms with Crippen molar-refractivity contribution < 1.29 is 0 Å². The molecule has 2 heteroatoms. The Morgan fingerprint density at radius 3 is 2.24 bits per heavy atom. The molecule has 0 radical (unpaired) electrons. The van der Waals surface area contributed by atoms with Gasteiger partial charge in [0.2, 0.25) is 0 Å². The summed E-state index contributed by atoms with van der Waals surface area (Å²) in [7, 11) is 1.94. The first-order chi connectivity index (χ1) is 9.97. The van der Waals surface area contributed by atoms with Crippen LogP contribution in [0.4, 0.5) is 0 Å². The first-order valence-corrected chi connectivity index (χ1v) is 7.89. The minimum Gasteiger partial charge on any atom is -0.316 e.